The Morgan fingerprint density at radius 2 is 2.04 bits per heavy atom. The summed E-state index contributed by atoms with van der Waals surface area (Å²) in [5.74, 6) is 0.240. The molecule has 0 bridgehead atoms. The predicted molar refractivity (Wildman–Crippen MR) is 93.1 cm³/mol. The van der Waals surface area contributed by atoms with E-state index < -0.39 is 5.91 Å². The maximum absolute atomic E-state index is 12.4. The van der Waals surface area contributed by atoms with Gasteiger partial charge in [-0.2, -0.15) is 0 Å². The normalized spacial score (nSPS) is 11.9. The molecule has 0 fully saturated rings. The molecule has 2 aromatic carbocycles. The molecular formula is C18H18N4O3. The molecule has 4 N–H and O–H groups in total. The van der Waals surface area contributed by atoms with Crippen molar-refractivity contribution in [3.05, 3.63) is 59.9 Å². The number of H-pyrrole nitrogens is 1. The molecule has 1 aromatic heterocycles. The van der Waals surface area contributed by atoms with Crippen LogP contribution in [-0.4, -0.2) is 28.4 Å². The molecule has 1 heterocycles. The number of amides is 2. The highest BCUT2D eigenvalue weighted by molar-refractivity contribution is 5.94. The highest BCUT2D eigenvalue weighted by atomic mass is 16.5. The first-order valence-corrected chi connectivity index (χ1v) is 7.79. The minimum absolute atomic E-state index is 0.236. The maximum Gasteiger partial charge on any atom is 0.255 e. The topological polar surface area (TPSA) is 110 Å². The minimum Gasteiger partial charge on any atom is -0.484 e. The van der Waals surface area contributed by atoms with E-state index in [1.54, 1.807) is 24.3 Å². The monoisotopic (exact) mass is 338 g/mol. The molecular weight excluding hydrogens is 320 g/mol. The van der Waals surface area contributed by atoms with Gasteiger partial charge in [0.2, 0.25) is 0 Å². The molecule has 3 rings (SSSR count). The van der Waals surface area contributed by atoms with Gasteiger partial charge in [0, 0.05) is 5.56 Å². The number of imidazole rings is 1. The summed E-state index contributed by atoms with van der Waals surface area (Å²) in [4.78, 5) is 30.9. The lowest BCUT2D eigenvalue weighted by molar-refractivity contribution is -0.119. The number of hydrogen-bond donors (Lipinski definition) is 3. The standard InChI is InChI=1S/C18H18N4O3/c1-11(17-21-14-7-2-3-8-15(14)22-17)20-18(24)12-5-4-6-13(9-12)25-10-16(19)23/h2-9,11H,10H2,1H3,(H2,19,23)(H,20,24)(H,21,22). The Hall–Kier alpha value is -3.35. The first-order chi connectivity index (χ1) is 12.0. The largest absolute Gasteiger partial charge is 0.484 e. The quantitative estimate of drug-likeness (QED) is 0.637. The van der Waals surface area contributed by atoms with Crippen molar-refractivity contribution in [2.75, 3.05) is 6.61 Å². The van der Waals surface area contributed by atoms with Crippen molar-refractivity contribution < 1.29 is 14.3 Å². The van der Waals surface area contributed by atoms with Crippen LogP contribution >= 0.6 is 0 Å². The molecule has 3 aromatic rings. The molecule has 0 radical (unpaired) electrons. The van der Waals surface area contributed by atoms with Crippen LogP contribution < -0.4 is 15.8 Å². The number of aromatic nitrogens is 2. The number of carbonyl (C=O) groups excluding carboxylic acids is 2. The highest BCUT2D eigenvalue weighted by Crippen LogP contribution is 2.17. The fourth-order valence-corrected chi connectivity index (χ4v) is 2.41. The Bertz CT molecular complexity index is 886. The number of hydrogen-bond acceptors (Lipinski definition) is 4. The summed E-state index contributed by atoms with van der Waals surface area (Å²) in [5, 5.41) is 2.89. The summed E-state index contributed by atoms with van der Waals surface area (Å²) in [6.45, 7) is 1.61. The number of primary amides is 1. The lowest BCUT2D eigenvalue weighted by atomic mass is 10.2. The number of fused-ring (bicyclic) bond motifs is 1. The van der Waals surface area contributed by atoms with E-state index >= 15 is 0 Å². The zero-order valence-electron chi connectivity index (χ0n) is 13.7. The Morgan fingerprint density at radius 3 is 2.80 bits per heavy atom. The minimum atomic E-state index is -0.576. The summed E-state index contributed by atoms with van der Waals surface area (Å²) in [6.07, 6.45) is 0. The van der Waals surface area contributed by atoms with Crippen LogP contribution in [0.4, 0.5) is 0 Å². The van der Waals surface area contributed by atoms with Gasteiger partial charge in [-0.05, 0) is 37.3 Å². The van der Waals surface area contributed by atoms with Crippen molar-refractivity contribution in [1.29, 1.82) is 0 Å². The van der Waals surface area contributed by atoms with Gasteiger partial charge in [0.05, 0.1) is 17.1 Å². The van der Waals surface area contributed by atoms with Crippen molar-refractivity contribution in [3.63, 3.8) is 0 Å². The van der Waals surface area contributed by atoms with Gasteiger partial charge in [0.15, 0.2) is 6.61 Å². The van der Waals surface area contributed by atoms with Crippen LogP contribution in [-0.2, 0) is 4.79 Å². The number of carbonyl (C=O) groups is 2. The van der Waals surface area contributed by atoms with E-state index in [0.29, 0.717) is 17.1 Å². The van der Waals surface area contributed by atoms with E-state index in [0.717, 1.165) is 11.0 Å². The Balaban J connectivity index is 1.70. The van der Waals surface area contributed by atoms with Gasteiger partial charge in [0.25, 0.3) is 11.8 Å². The van der Waals surface area contributed by atoms with E-state index in [9.17, 15) is 9.59 Å². The summed E-state index contributed by atoms with van der Waals surface area (Å²) >= 11 is 0. The van der Waals surface area contributed by atoms with Gasteiger partial charge in [-0.25, -0.2) is 4.98 Å². The third-order valence-electron chi connectivity index (χ3n) is 3.64. The number of para-hydroxylation sites is 2. The molecule has 1 atom stereocenters. The lowest BCUT2D eigenvalue weighted by Gasteiger charge is -2.12. The predicted octanol–water partition coefficient (Wildman–Crippen LogP) is 1.92. The Labute approximate surface area is 144 Å². The molecule has 1 unspecified atom stereocenters. The number of rotatable bonds is 6. The first kappa shape index (κ1) is 16.5. The molecule has 0 aliphatic rings. The van der Waals surface area contributed by atoms with Crippen molar-refractivity contribution >= 4 is 22.8 Å². The van der Waals surface area contributed by atoms with Crippen LogP contribution in [0.2, 0.25) is 0 Å². The lowest BCUT2D eigenvalue weighted by Crippen LogP contribution is -2.27. The Morgan fingerprint density at radius 1 is 1.24 bits per heavy atom. The second kappa shape index (κ2) is 7.04. The summed E-state index contributed by atoms with van der Waals surface area (Å²) in [5.41, 5.74) is 7.23. The highest BCUT2D eigenvalue weighted by Gasteiger charge is 2.15. The number of nitrogens with two attached hydrogens (primary N) is 1. The van der Waals surface area contributed by atoms with E-state index in [-0.39, 0.29) is 18.6 Å². The zero-order valence-corrected chi connectivity index (χ0v) is 13.7. The van der Waals surface area contributed by atoms with Gasteiger partial charge in [-0.15, -0.1) is 0 Å². The number of nitrogens with one attached hydrogen (secondary N) is 2. The zero-order chi connectivity index (χ0) is 17.8. The van der Waals surface area contributed by atoms with E-state index in [1.807, 2.05) is 31.2 Å². The molecule has 0 saturated carbocycles. The second-order valence-corrected chi connectivity index (χ2v) is 5.62. The summed E-state index contributed by atoms with van der Waals surface area (Å²) in [6, 6.07) is 13.9. The van der Waals surface area contributed by atoms with Crippen LogP contribution in [0.1, 0.15) is 29.1 Å². The summed E-state index contributed by atoms with van der Waals surface area (Å²) < 4.78 is 5.21. The SMILES string of the molecule is CC(NC(=O)c1cccc(OCC(N)=O)c1)c1nc2ccccc2[nH]1. The average molecular weight is 338 g/mol. The first-order valence-electron chi connectivity index (χ1n) is 7.79. The van der Waals surface area contributed by atoms with Gasteiger partial charge < -0.3 is 20.8 Å². The van der Waals surface area contributed by atoms with E-state index in [1.165, 1.54) is 0 Å². The third kappa shape index (κ3) is 3.95. The second-order valence-electron chi connectivity index (χ2n) is 5.62. The number of nitrogens with zero attached hydrogens (tertiary/aromatic N) is 1. The number of ether oxygens (including phenoxy) is 1. The molecule has 128 valence electrons. The van der Waals surface area contributed by atoms with Crippen molar-refractivity contribution in [2.24, 2.45) is 5.73 Å². The smallest absolute Gasteiger partial charge is 0.255 e. The number of benzene rings is 2. The molecule has 0 aliphatic heterocycles. The van der Waals surface area contributed by atoms with Gasteiger partial charge in [-0.1, -0.05) is 18.2 Å². The van der Waals surface area contributed by atoms with E-state index in [2.05, 4.69) is 15.3 Å². The van der Waals surface area contributed by atoms with Crippen molar-refractivity contribution in [1.82, 2.24) is 15.3 Å². The molecule has 7 nitrogen and oxygen atoms in total. The van der Waals surface area contributed by atoms with Crippen molar-refractivity contribution in [2.45, 2.75) is 13.0 Å². The van der Waals surface area contributed by atoms with Crippen LogP contribution in [0.15, 0.2) is 48.5 Å². The number of aromatic amines is 1. The Kier molecular flexibility index (Phi) is 4.65. The average Bonchev–Trinajstić information content (AvgIpc) is 3.04. The van der Waals surface area contributed by atoms with Gasteiger partial charge in [-0.3, -0.25) is 9.59 Å². The van der Waals surface area contributed by atoms with Gasteiger partial charge in [0.1, 0.15) is 11.6 Å². The van der Waals surface area contributed by atoms with Crippen LogP contribution in [0, 0.1) is 0 Å². The van der Waals surface area contributed by atoms with Crippen LogP contribution in [0.25, 0.3) is 11.0 Å². The summed E-state index contributed by atoms with van der Waals surface area (Å²) in [7, 11) is 0. The maximum atomic E-state index is 12.4. The third-order valence-corrected chi connectivity index (χ3v) is 3.64. The molecule has 0 saturated heterocycles. The van der Waals surface area contributed by atoms with Crippen LogP contribution in [0.3, 0.4) is 0 Å². The molecule has 0 spiro atoms. The van der Waals surface area contributed by atoms with E-state index in [4.69, 9.17) is 10.5 Å². The molecule has 25 heavy (non-hydrogen) atoms. The molecule has 0 aliphatic carbocycles. The fraction of sp³-hybridized carbons (Fsp3) is 0.167. The fourth-order valence-electron chi connectivity index (χ4n) is 2.41. The molecule has 2 amide bonds. The molecule has 7 heteroatoms. The van der Waals surface area contributed by atoms with Crippen LogP contribution in [0.5, 0.6) is 5.75 Å². The van der Waals surface area contributed by atoms with Crippen molar-refractivity contribution in [3.8, 4) is 5.75 Å². The van der Waals surface area contributed by atoms with Gasteiger partial charge >= 0.3 is 0 Å².